The van der Waals surface area contributed by atoms with Crippen LogP contribution < -0.4 is 0 Å². The minimum atomic E-state index is -0.734. The summed E-state index contributed by atoms with van der Waals surface area (Å²) >= 11 is 0. The van der Waals surface area contributed by atoms with Crippen LogP contribution in [0.2, 0.25) is 0 Å². The molecule has 2 atom stereocenters. The average molecular weight is 264 g/mol. The number of carbonyl (C=O) groups is 1. The van der Waals surface area contributed by atoms with Crippen LogP contribution in [-0.2, 0) is 11.2 Å². The molecule has 1 aromatic carbocycles. The highest BCUT2D eigenvalue weighted by Crippen LogP contribution is 2.42. The summed E-state index contributed by atoms with van der Waals surface area (Å²) < 4.78 is 13.4. The molecule has 1 aliphatic rings. The summed E-state index contributed by atoms with van der Waals surface area (Å²) in [7, 11) is 0. The van der Waals surface area contributed by atoms with Crippen LogP contribution in [-0.4, -0.2) is 11.1 Å². The van der Waals surface area contributed by atoms with E-state index in [0.717, 1.165) is 24.0 Å². The largest absolute Gasteiger partial charge is 0.481 e. The molecular formula is C16H21FO2. The molecule has 0 bridgehead atoms. The summed E-state index contributed by atoms with van der Waals surface area (Å²) in [6.07, 6.45) is 3.87. The molecular weight excluding hydrogens is 243 g/mol. The molecule has 2 nitrogen and oxygen atoms in total. The SMILES string of the molecule is Cc1ccc(F)cc1CC1(C(=O)O)CCCC(C)C1. The standard InChI is InChI=1S/C16H21FO2/c1-11-4-3-7-16(9-11,15(18)19)10-13-8-14(17)6-5-12(13)2/h5-6,8,11H,3-4,7,9-10H2,1-2H3,(H,18,19). The minimum absolute atomic E-state index is 0.287. The summed E-state index contributed by atoms with van der Waals surface area (Å²) in [6.45, 7) is 4.02. The van der Waals surface area contributed by atoms with Crippen LogP contribution in [0.1, 0.15) is 43.7 Å². The molecule has 1 N–H and O–H groups in total. The highest BCUT2D eigenvalue weighted by molar-refractivity contribution is 5.75. The van der Waals surface area contributed by atoms with Gasteiger partial charge in [-0.05, 0) is 55.4 Å². The lowest BCUT2D eigenvalue weighted by atomic mass is 9.67. The Bertz CT molecular complexity index is 484. The molecule has 0 spiro atoms. The lowest BCUT2D eigenvalue weighted by Gasteiger charge is -2.37. The van der Waals surface area contributed by atoms with Gasteiger partial charge in [0.25, 0.3) is 0 Å². The number of hydrogen-bond donors (Lipinski definition) is 1. The second-order valence-electron chi connectivity index (χ2n) is 6.03. The first kappa shape index (κ1) is 14.0. The van der Waals surface area contributed by atoms with Crippen LogP contribution in [0.3, 0.4) is 0 Å². The number of aryl methyl sites for hydroxylation is 1. The molecule has 1 aromatic rings. The van der Waals surface area contributed by atoms with Crippen molar-refractivity contribution < 1.29 is 14.3 Å². The Kier molecular flexibility index (Phi) is 3.93. The van der Waals surface area contributed by atoms with Crippen LogP contribution in [0, 0.1) is 24.1 Å². The van der Waals surface area contributed by atoms with Crippen molar-refractivity contribution in [1.82, 2.24) is 0 Å². The van der Waals surface area contributed by atoms with Crippen molar-refractivity contribution in [2.24, 2.45) is 11.3 Å². The molecule has 0 saturated heterocycles. The highest BCUT2D eigenvalue weighted by Gasteiger charge is 2.42. The second kappa shape index (κ2) is 5.32. The molecule has 19 heavy (non-hydrogen) atoms. The molecule has 0 aromatic heterocycles. The summed E-state index contributed by atoms with van der Waals surface area (Å²) in [6, 6.07) is 4.64. The Balaban J connectivity index is 2.30. The third kappa shape index (κ3) is 2.96. The molecule has 104 valence electrons. The van der Waals surface area contributed by atoms with Crippen molar-refractivity contribution in [1.29, 1.82) is 0 Å². The van der Waals surface area contributed by atoms with Gasteiger partial charge in [-0.2, -0.15) is 0 Å². The van der Waals surface area contributed by atoms with Crippen molar-refractivity contribution in [3.63, 3.8) is 0 Å². The Hall–Kier alpha value is -1.38. The fourth-order valence-electron chi connectivity index (χ4n) is 3.29. The molecule has 0 heterocycles. The predicted molar refractivity (Wildman–Crippen MR) is 72.5 cm³/mol. The lowest BCUT2D eigenvalue weighted by Crippen LogP contribution is -2.38. The number of carboxylic acid groups (broad SMARTS) is 1. The second-order valence-corrected chi connectivity index (χ2v) is 6.03. The zero-order chi connectivity index (χ0) is 14.0. The Morgan fingerprint density at radius 2 is 2.26 bits per heavy atom. The van der Waals surface area contributed by atoms with Gasteiger partial charge in [-0.15, -0.1) is 0 Å². The first-order valence-electron chi connectivity index (χ1n) is 6.91. The van der Waals surface area contributed by atoms with Crippen molar-refractivity contribution >= 4 is 5.97 Å². The zero-order valence-electron chi connectivity index (χ0n) is 11.6. The summed E-state index contributed by atoms with van der Waals surface area (Å²) in [5.74, 6) is -0.591. The fourth-order valence-corrected chi connectivity index (χ4v) is 3.29. The van der Waals surface area contributed by atoms with E-state index in [0.29, 0.717) is 25.2 Å². The lowest BCUT2D eigenvalue weighted by molar-refractivity contribution is -0.152. The van der Waals surface area contributed by atoms with Crippen molar-refractivity contribution in [2.75, 3.05) is 0 Å². The average Bonchev–Trinajstić information content (AvgIpc) is 2.34. The molecule has 0 amide bonds. The van der Waals surface area contributed by atoms with E-state index in [1.807, 2.05) is 6.92 Å². The van der Waals surface area contributed by atoms with Gasteiger partial charge >= 0.3 is 5.97 Å². The molecule has 1 aliphatic carbocycles. The molecule has 3 heteroatoms. The summed E-state index contributed by atoms with van der Waals surface area (Å²) in [4.78, 5) is 11.7. The normalized spacial score (nSPS) is 27.2. The van der Waals surface area contributed by atoms with Crippen LogP contribution in [0.4, 0.5) is 4.39 Å². The monoisotopic (exact) mass is 264 g/mol. The Morgan fingerprint density at radius 1 is 1.53 bits per heavy atom. The van der Waals surface area contributed by atoms with Gasteiger partial charge in [-0.1, -0.05) is 25.8 Å². The van der Waals surface area contributed by atoms with E-state index >= 15 is 0 Å². The number of aliphatic carboxylic acids is 1. The van der Waals surface area contributed by atoms with Crippen LogP contribution in [0.25, 0.3) is 0 Å². The van der Waals surface area contributed by atoms with E-state index in [4.69, 9.17) is 0 Å². The topological polar surface area (TPSA) is 37.3 Å². The van der Waals surface area contributed by atoms with Gasteiger partial charge in [-0.3, -0.25) is 4.79 Å². The van der Waals surface area contributed by atoms with E-state index in [-0.39, 0.29) is 5.82 Å². The molecule has 1 fully saturated rings. The van der Waals surface area contributed by atoms with Crippen molar-refractivity contribution in [3.05, 3.63) is 35.1 Å². The molecule has 2 rings (SSSR count). The highest BCUT2D eigenvalue weighted by atomic mass is 19.1. The number of benzene rings is 1. The quantitative estimate of drug-likeness (QED) is 0.897. The molecule has 1 saturated carbocycles. The third-order valence-corrected chi connectivity index (χ3v) is 4.39. The van der Waals surface area contributed by atoms with E-state index < -0.39 is 11.4 Å². The van der Waals surface area contributed by atoms with Gasteiger partial charge in [0.15, 0.2) is 0 Å². The van der Waals surface area contributed by atoms with E-state index in [9.17, 15) is 14.3 Å². The number of hydrogen-bond acceptors (Lipinski definition) is 1. The van der Waals surface area contributed by atoms with Crippen LogP contribution >= 0.6 is 0 Å². The van der Waals surface area contributed by atoms with Crippen molar-refractivity contribution in [3.8, 4) is 0 Å². The van der Waals surface area contributed by atoms with Gasteiger partial charge in [-0.25, -0.2) is 4.39 Å². The maximum atomic E-state index is 13.4. The summed E-state index contributed by atoms with van der Waals surface area (Å²) in [5, 5.41) is 9.63. The first-order valence-corrected chi connectivity index (χ1v) is 6.91. The number of carboxylic acids is 1. The molecule has 0 radical (unpaired) electrons. The van der Waals surface area contributed by atoms with Gasteiger partial charge in [0.2, 0.25) is 0 Å². The van der Waals surface area contributed by atoms with E-state index in [1.54, 1.807) is 6.07 Å². The number of halogens is 1. The Labute approximate surface area is 113 Å². The maximum Gasteiger partial charge on any atom is 0.309 e. The van der Waals surface area contributed by atoms with Crippen LogP contribution in [0.15, 0.2) is 18.2 Å². The van der Waals surface area contributed by atoms with E-state index in [1.165, 1.54) is 12.1 Å². The minimum Gasteiger partial charge on any atom is -0.481 e. The summed E-state index contributed by atoms with van der Waals surface area (Å²) in [5.41, 5.74) is 1.09. The smallest absolute Gasteiger partial charge is 0.309 e. The van der Waals surface area contributed by atoms with Crippen molar-refractivity contribution in [2.45, 2.75) is 46.0 Å². The van der Waals surface area contributed by atoms with Gasteiger partial charge < -0.3 is 5.11 Å². The van der Waals surface area contributed by atoms with Gasteiger partial charge in [0, 0.05) is 0 Å². The molecule has 0 aliphatic heterocycles. The van der Waals surface area contributed by atoms with Crippen LogP contribution in [0.5, 0.6) is 0 Å². The Morgan fingerprint density at radius 3 is 2.89 bits per heavy atom. The third-order valence-electron chi connectivity index (χ3n) is 4.39. The maximum absolute atomic E-state index is 13.4. The first-order chi connectivity index (χ1) is 8.93. The molecule has 2 unspecified atom stereocenters. The van der Waals surface area contributed by atoms with Gasteiger partial charge in [0.05, 0.1) is 5.41 Å². The van der Waals surface area contributed by atoms with E-state index in [2.05, 4.69) is 6.92 Å². The fraction of sp³-hybridized carbons (Fsp3) is 0.562. The van der Waals surface area contributed by atoms with Gasteiger partial charge in [0.1, 0.15) is 5.82 Å². The number of rotatable bonds is 3. The predicted octanol–water partition coefficient (Wildman–Crippen LogP) is 3.96. The zero-order valence-corrected chi connectivity index (χ0v) is 11.6.